The van der Waals surface area contributed by atoms with Crippen LogP contribution in [0.15, 0.2) is 34.3 Å². The van der Waals surface area contributed by atoms with E-state index in [1.165, 1.54) is 42.0 Å². The molecule has 0 bridgehead atoms. The molecule has 2 N–H and O–H groups in total. The topological polar surface area (TPSA) is 56.7 Å². The normalized spacial score (nSPS) is 18.4. The van der Waals surface area contributed by atoms with E-state index in [0.29, 0.717) is 18.5 Å². The van der Waals surface area contributed by atoms with E-state index < -0.39 is 0 Å². The number of hydrogen-bond donors (Lipinski definition) is 1. The largest absolute Gasteiger partial charge is 0.326 e. The van der Waals surface area contributed by atoms with Crippen LogP contribution in [0.3, 0.4) is 0 Å². The quantitative estimate of drug-likeness (QED) is 0.917. The van der Waals surface area contributed by atoms with Gasteiger partial charge in [-0.05, 0) is 49.1 Å². The molecule has 2 aliphatic rings. The zero-order valence-electron chi connectivity index (χ0n) is 11.3. The fraction of sp³-hybridized carbons (Fsp3) is 0.467. The summed E-state index contributed by atoms with van der Waals surface area (Å²) < 4.78 is 2.38. The van der Waals surface area contributed by atoms with Crippen LogP contribution < -0.4 is 5.73 Å². The predicted molar refractivity (Wildman–Crippen MR) is 78.7 cm³/mol. The molecule has 4 rings (SSSR count). The highest BCUT2D eigenvalue weighted by molar-refractivity contribution is 7.99. The second-order valence-corrected chi connectivity index (χ2v) is 6.64. The van der Waals surface area contributed by atoms with Gasteiger partial charge < -0.3 is 10.3 Å². The molecular weight excluding hydrogens is 268 g/mol. The van der Waals surface area contributed by atoms with Gasteiger partial charge in [-0.2, -0.15) is 0 Å². The van der Waals surface area contributed by atoms with Gasteiger partial charge in [0.25, 0.3) is 0 Å². The highest BCUT2D eigenvalue weighted by Crippen LogP contribution is 2.46. The van der Waals surface area contributed by atoms with Crippen LogP contribution in [0.4, 0.5) is 0 Å². The van der Waals surface area contributed by atoms with Crippen molar-refractivity contribution in [1.82, 2.24) is 14.8 Å². The van der Waals surface area contributed by atoms with E-state index in [0.717, 1.165) is 5.16 Å². The molecule has 0 atom stereocenters. The average Bonchev–Trinajstić information content (AvgIpc) is 3.39. The maximum Gasteiger partial charge on any atom is 0.196 e. The first-order valence-electron chi connectivity index (χ1n) is 7.27. The molecule has 2 aromatic rings. The Kier molecular flexibility index (Phi) is 3.04. The highest BCUT2D eigenvalue weighted by atomic mass is 32.2. The molecule has 2 aliphatic carbocycles. The zero-order valence-corrected chi connectivity index (χ0v) is 12.1. The molecule has 0 aliphatic heterocycles. The molecule has 2 saturated carbocycles. The smallest absolute Gasteiger partial charge is 0.196 e. The first kappa shape index (κ1) is 12.4. The van der Waals surface area contributed by atoms with Crippen LogP contribution >= 0.6 is 11.8 Å². The van der Waals surface area contributed by atoms with Gasteiger partial charge in [-0.15, -0.1) is 10.2 Å². The Labute approximate surface area is 122 Å². The lowest BCUT2D eigenvalue weighted by Crippen LogP contribution is -2.02. The van der Waals surface area contributed by atoms with Crippen LogP contribution in [0.2, 0.25) is 0 Å². The van der Waals surface area contributed by atoms with Gasteiger partial charge in [0.1, 0.15) is 5.82 Å². The van der Waals surface area contributed by atoms with Gasteiger partial charge in [0.15, 0.2) is 5.16 Å². The van der Waals surface area contributed by atoms with Gasteiger partial charge in [0.05, 0.1) is 0 Å². The lowest BCUT2D eigenvalue weighted by Gasteiger charge is -2.10. The second kappa shape index (κ2) is 4.90. The number of aromatic nitrogens is 3. The van der Waals surface area contributed by atoms with Gasteiger partial charge in [0.2, 0.25) is 0 Å². The van der Waals surface area contributed by atoms with E-state index in [1.54, 1.807) is 11.8 Å². The van der Waals surface area contributed by atoms with Crippen LogP contribution in [0.1, 0.15) is 49.0 Å². The fourth-order valence-corrected chi connectivity index (χ4v) is 3.57. The van der Waals surface area contributed by atoms with Gasteiger partial charge in [-0.25, -0.2) is 0 Å². The van der Waals surface area contributed by atoms with Gasteiger partial charge in [-0.1, -0.05) is 18.2 Å². The second-order valence-electron chi connectivity index (χ2n) is 5.63. The van der Waals surface area contributed by atoms with Crippen molar-refractivity contribution in [2.75, 3.05) is 0 Å². The maximum atomic E-state index is 5.82. The number of hydrogen-bond acceptors (Lipinski definition) is 4. The standard InChI is InChI=1S/C15H18N4S/c16-9-11-3-1-2-4-13(11)20-15-18-17-14(10-5-6-10)19(15)12-7-8-12/h1-4,10,12H,5-9,16H2. The van der Waals surface area contributed by atoms with E-state index in [1.807, 2.05) is 6.07 Å². The molecule has 5 heteroatoms. The van der Waals surface area contributed by atoms with E-state index in [4.69, 9.17) is 5.73 Å². The van der Waals surface area contributed by atoms with Gasteiger partial charge >= 0.3 is 0 Å². The summed E-state index contributed by atoms with van der Waals surface area (Å²) in [6.45, 7) is 0.566. The van der Waals surface area contributed by atoms with Crippen LogP contribution in [0, 0.1) is 0 Å². The Morgan fingerprint density at radius 3 is 2.65 bits per heavy atom. The minimum Gasteiger partial charge on any atom is -0.326 e. The summed E-state index contributed by atoms with van der Waals surface area (Å²) >= 11 is 1.71. The van der Waals surface area contributed by atoms with Crippen LogP contribution in [-0.2, 0) is 6.54 Å². The van der Waals surface area contributed by atoms with Crippen molar-refractivity contribution >= 4 is 11.8 Å². The summed E-state index contributed by atoms with van der Waals surface area (Å²) in [7, 11) is 0. The third-order valence-corrected chi connectivity index (χ3v) is 5.02. The van der Waals surface area contributed by atoms with E-state index in [9.17, 15) is 0 Å². The molecule has 0 radical (unpaired) electrons. The first-order valence-corrected chi connectivity index (χ1v) is 8.09. The van der Waals surface area contributed by atoms with Crippen molar-refractivity contribution in [3.63, 3.8) is 0 Å². The van der Waals surface area contributed by atoms with E-state index >= 15 is 0 Å². The van der Waals surface area contributed by atoms with Crippen molar-refractivity contribution in [2.24, 2.45) is 5.73 Å². The molecule has 0 saturated heterocycles. The van der Waals surface area contributed by atoms with Crippen LogP contribution in [0.5, 0.6) is 0 Å². The van der Waals surface area contributed by atoms with Crippen molar-refractivity contribution in [3.05, 3.63) is 35.7 Å². The Hall–Kier alpha value is -1.33. The van der Waals surface area contributed by atoms with Gasteiger partial charge in [-0.3, -0.25) is 0 Å². The van der Waals surface area contributed by atoms with Gasteiger partial charge in [0, 0.05) is 23.4 Å². The lowest BCUT2D eigenvalue weighted by atomic mass is 10.2. The summed E-state index contributed by atoms with van der Waals surface area (Å²) in [5.41, 5.74) is 7.00. The number of nitrogens with two attached hydrogens (primary N) is 1. The van der Waals surface area contributed by atoms with Crippen molar-refractivity contribution in [3.8, 4) is 0 Å². The highest BCUT2D eigenvalue weighted by Gasteiger charge is 2.36. The number of nitrogens with zero attached hydrogens (tertiary/aromatic N) is 3. The molecule has 2 fully saturated rings. The first-order chi connectivity index (χ1) is 9.86. The Morgan fingerprint density at radius 1 is 1.15 bits per heavy atom. The Balaban J connectivity index is 1.68. The van der Waals surface area contributed by atoms with Crippen LogP contribution in [-0.4, -0.2) is 14.8 Å². The molecule has 0 spiro atoms. The molecule has 1 aromatic carbocycles. The predicted octanol–water partition coefficient (Wildman–Crippen LogP) is 3.10. The molecule has 4 nitrogen and oxygen atoms in total. The maximum absolute atomic E-state index is 5.82. The summed E-state index contributed by atoms with van der Waals surface area (Å²) in [5.74, 6) is 1.86. The van der Waals surface area contributed by atoms with Crippen molar-refractivity contribution < 1.29 is 0 Å². The van der Waals surface area contributed by atoms with E-state index in [-0.39, 0.29) is 0 Å². The SMILES string of the molecule is NCc1ccccc1Sc1nnc(C2CC2)n1C1CC1. The van der Waals surface area contributed by atoms with E-state index in [2.05, 4.69) is 33.0 Å². The minimum absolute atomic E-state index is 0.566. The summed E-state index contributed by atoms with van der Waals surface area (Å²) in [6, 6.07) is 8.93. The molecule has 1 aromatic heterocycles. The van der Waals surface area contributed by atoms with Crippen molar-refractivity contribution in [2.45, 2.75) is 54.2 Å². The third kappa shape index (κ3) is 2.25. The Bertz CT molecular complexity index is 629. The minimum atomic E-state index is 0.566. The van der Waals surface area contributed by atoms with Crippen molar-refractivity contribution in [1.29, 1.82) is 0 Å². The molecule has 104 valence electrons. The lowest BCUT2D eigenvalue weighted by molar-refractivity contribution is 0.627. The fourth-order valence-electron chi connectivity index (χ4n) is 2.52. The molecular formula is C15H18N4S. The molecule has 0 amide bonds. The molecule has 1 heterocycles. The molecule has 0 unspecified atom stereocenters. The zero-order chi connectivity index (χ0) is 13.5. The summed E-state index contributed by atoms with van der Waals surface area (Å²) in [5, 5.41) is 9.93. The molecule has 20 heavy (non-hydrogen) atoms. The number of rotatable bonds is 5. The number of benzene rings is 1. The summed E-state index contributed by atoms with van der Waals surface area (Å²) in [6.07, 6.45) is 5.08. The monoisotopic (exact) mass is 286 g/mol. The third-order valence-electron chi connectivity index (χ3n) is 3.94. The van der Waals surface area contributed by atoms with Crippen LogP contribution in [0.25, 0.3) is 0 Å². The Morgan fingerprint density at radius 2 is 1.95 bits per heavy atom. The summed E-state index contributed by atoms with van der Waals surface area (Å²) in [4.78, 5) is 1.20. The average molecular weight is 286 g/mol.